The van der Waals surface area contributed by atoms with E-state index in [1.165, 1.54) is 0 Å². The summed E-state index contributed by atoms with van der Waals surface area (Å²) in [5.74, 6) is 0.838. The molecular weight excluding hydrogens is 200 g/mol. The Balaban J connectivity index is 4.37. The van der Waals surface area contributed by atoms with Crippen LogP contribution in [-0.2, 0) is 4.79 Å². The molecule has 0 aromatic carbocycles. The number of carbonyl (C=O) groups excluding carboxylic acids is 1. The highest BCUT2D eigenvalue weighted by Crippen LogP contribution is 2.12. The molecule has 0 saturated carbocycles. The van der Waals surface area contributed by atoms with Crippen molar-refractivity contribution < 1.29 is 4.79 Å². The van der Waals surface area contributed by atoms with E-state index >= 15 is 0 Å². The number of carbonyl (C=O) groups is 1. The summed E-state index contributed by atoms with van der Waals surface area (Å²) in [7, 11) is 0. The maximum Gasteiger partial charge on any atom is 0.226 e. The molecule has 3 heteroatoms. The van der Waals surface area contributed by atoms with Crippen LogP contribution in [0.15, 0.2) is 0 Å². The van der Waals surface area contributed by atoms with E-state index in [1.54, 1.807) is 0 Å². The van der Waals surface area contributed by atoms with Crippen molar-refractivity contribution in [1.29, 1.82) is 0 Å². The normalized spacial score (nSPS) is 14.6. The molecule has 1 amide bonds. The predicted molar refractivity (Wildman–Crippen MR) is 69.2 cm³/mol. The predicted octanol–water partition coefficient (Wildman–Crippen LogP) is 2.26. The monoisotopic (exact) mass is 228 g/mol. The standard InChI is InChI=1S/C13H28N2O/c1-5-8-12(9-14)13(16)15(7-3)10-11(4)6-2/h11-12H,5-10,14H2,1-4H3. The van der Waals surface area contributed by atoms with Gasteiger partial charge in [-0.25, -0.2) is 0 Å². The van der Waals surface area contributed by atoms with Gasteiger partial charge >= 0.3 is 0 Å². The zero-order valence-electron chi connectivity index (χ0n) is 11.3. The fraction of sp³-hybridized carbons (Fsp3) is 0.923. The van der Waals surface area contributed by atoms with Gasteiger partial charge in [0.05, 0.1) is 5.92 Å². The highest BCUT2D eigenvalue weighted by molar-refractivity contribution is 5.79. The lowest BCUT2D eigenvalue weighted by molar-refractivity contribution is -0.135. The lowest BCUT2D eigenvalue weighted by atomic mass is 10.0. The second-order valence-electron chi connectivity index (χ2n) is 4.61. The number of hydrogen-bond donors (Lipinski definition) is 1. The van der Waals surface area contributed by atoms with Gasteiger partial charge in [-0.1, -0.05) is 33.6 Å². The van der Waals surface area contributed by atoms with Crippen molar-refractivity contribution in [2.24, 2.45) is 17.6 Å². The van der Waals surface area contributed by atoms with Crippen LogP contribution in [0.25, 0.3) is 0 Å². The number of nitrogens with two attached hydrogens (primary N) is 1. The molecule has 96 valence electrons. The van der Waals surface area contributed by atoms with E-state index in [2.05, 4.69) is 20.8 Å². The van der Waals surface area contributed by atoms with E-state index in [4.69, 9.17) is 5.73 Å². The molecule has 0 aliphatic carbocycles. The Labute approximate surface area is 100 Å². The van der Waals surface area contributed by atoms with Gasteiger partial charge in [0, 0.05) is 19.6 Å². The van der Waals surface area contributed by atoms with Gasteiger partial charge < -0.3 is 10.6 Å². The summed E-state index contributed by atoms with van der Waals surface area (Å²) in [5, 5.41) is 0. The smallest absolute Gasteiger partial charge is 0.226 e. The van der Waals surface area contributed by atoms with Gasteiger partial charge in [-0.2, -0.15) is 0 Å². The average Bonchev–Trinajstić information content (AvgIpc) is 2.31. The van der Waals surface area contributed by atoms with Crippen molar-refractivity contribution in [2.45, 2.75) is 47.0 Å². The Hall–Kier alpha value is -0.570. The molecule has 2 unspecified atom stereocenters. The van der Waals surface area contributed by atoms with Gasteiger partial charge in [-0.05, 0) is 19.3 Å². The van der Waals surface area contributed by atoms with Crippen molar-refractivity contribution >= 4 is 5.91 Å². The second kappa shape index (κ2) is 8.57. The number of amides is 1. The third kappa shape index (κ3) is 4.97. The van der Waals surface area contributed by atoms with Gasteiger partial charge in [-0.3, -0.25) is 4.79 Å². The maximum atomic E-state index is 12.2. The molecule has 2 atom stereocenters. The van der Waals surface area contributed by atoms with Crippen molar-refractivity contribution in [2.75, 3.05) is 19.6 Å². The summed E-state index contributed by atoms with van der Waals surface area (Å²) in [6.45, 7) is 10.6. The number of rotatable bonds is 8. The van der Waals surface area contributed by atoms with E-state index in [9.17, 15) is 4.79 Å². The first kappa shape index (κ1) is 15.4. The fourth-order valence-electron chi connectivity index (χ4n) is 1.83. The Bertz CT molecular complexity index is 194. The molecule has 0 heterocycles. The minimum absolute atomic E-state index is 0.0222. The Morgan fingerprint density at radius 3 is 2.31 bits per heavy atom. The minimum Gasteiger partial charge on any atom is -0.342 e. The highest BCUT2D eigenvalue weighted by Gasteiger charge is 2.22. The van der Waals surface area contributed by atoms with Crippen LogP contribution < -0.4 is 5.73 Å². The number of hydrogen-bond acceptors (Lipinski definition) is 2. The van der Waals surface area contributed by atoms with Gasteiger partial charge in [0.1, 0.15) is 0 Å². The first-order valence-corrected chi connectivity index (χ1v) is 6.59. The van der Waals surface area contributed by atoms with E-state index in [0.717, 1.165) is 32.4 Å². The lowest BCUT2D eigenvalue weighted by Crippen LogP contribution is -2.41. The topological polar surface area (TPSA) is 46.3 Å². The minimum atomic E-state index is 0.0222. The summed E-state index contributed by atoms with van der Waals surface area (Å²) in [4.78, 5) is 14.2. The van der Waals surface area contributed by atoms with Crippen LogP contribution in [-0.4, -0.2) is 30.4 Å². The van der Waals surface area contributed by atoms with Crippen molar-refractivity contribution in [1.82, 2.24) is 4.90 Å². The van der Waals surface area contributed by atoms with Crippen LogP contribution in [0.4, 0.5) is 0 Å². The third-order valence-corrected chi connectivity index (χ3v) is 3.19. The molecule has 0 fully saturated rings. The van der Waals surface area contributed by atoms with Crippen molar-refractivity contribution in [3.8, 4) is 0 Å². The SMILES string of the molecule is CCCC(CN)C(=O)N(CC)CC(C)CC. The first-order valence-electron chi connectivity index (χ1n) is 6.59. The summed E-state index contributed by atoms with van der Waals surface area (Å²) < 4.78 is 0. The van der Waals surface area contributed by atoms with Crippen LogP contribution in [0.5, 0.6) is 0 Å². The van der Waals surface area contributed by atoms with Crippen molar-refractivity contribution in [3.63, 3.8) is 0 Å². The number of nitrogens with zero attached hydrogens (tertiary/aromatic N) is 1. The quantitative estimate of drug-likeness (QED) is 0.692. The van der Waals surface area contributed by atoms with Crippen LogP contribution in [0, 0.1) is 11.8 Å². The Morgan fingerprint density at radius 2 is 1.94 bits per heavy atom. The molecular formula is C13H28N2O. The van der Waals surface area contributed by atoms with E-state index < -0.39 is 0 Å². The molecule has 2 N–H and O–H groups in total. The third-order valence-electron chi connectivity index (χ3n) is 3.19. The van der Waals surface area contributed by atoms with Gasteiger partial charge in [0.2, 0.25) is 5.91 Å². The molecule has 0 rings (SSSR count). The molecule has 16 heavy (non-hydrogen) atoms. The van der Waals surface area contributed by atoms with Gasteiger partial charge in [0.25, 0.3) is 0 Å². The molecule has 0 aromatic heterocycles. The highest BCUT2D eigenvalue weighted by atomic mass is 16.2. The van der Waals surface area contributed by atoms with Gasteiger partial charge in [0.15, 0.2) is 0 Å². The molecule has 0 saturated heterocycles. The van der Waals surface area contributed by atoms with Crippen LogP contribution in [0.3, 0.4) is 0 Å². The average molecular weight is 228 g/mol. The Kier molecular flexibility index (Phi) is 8.26. The fourth-order valence-corrected chi connectivity index (χ4v) is 1.83. The summed E-state index contributed by atoms with van der Waals surface area (Å²) >= 11 is 0. The molecule has 0 spiro atoms. The molecule has 0 aliphatic rings. The summed E-state index contributed by atoms with van der Waals surface area (Å²) in [5.41, 5.74) is 5.67. The first-order chi connectivity index (χ1) is 7.60. The molecule has 3 nitrogen and oxygen atoms in total. The maximum absolute atomic E-state index is 12.2. The molecule has 0 aliphatic heterocycles. The molecule has 0 radical (unpaired) electrons. The van der Waals surface area contributed by atoms with E-state index in [1.807, 2.05) is 11.8 Å². The van der Waals surface area contributed by atoms with E-state index in [0.29, 0.717) is 12.5 Å². The summed E-state index contributed by atoms with van der Waals surface area (Å²) in [6.07, 6.45) is 3.05. The molecule has 0 bridgehead atoms. The van der Waals surface area contributed by atoms with Gasteiger partial charge in [-0.15, -0.1) is 0 Å². The largest absolute Gasteiger partial charge is 0.342 e. The van der Waals surface area contributed by atoms with Crippen LogP contribution in [0.1, 0.15) is 47.0 Å². The van der Waals surface area contributed by atoms with Crippen LogP contribution in [0.2, 0.25) is 0 Å². The van der Waals surface area contributed by atoms with E-state index in [-0.39, 0.29) is 11.8 Å². The summed E-state index contributed by atoms with van der Waals surface area (Å²) in [6, 6.07) is 0. The van der Waals surface area contributed by atoms with Crippen molar-refractivity contribution in [3.05, 3.63) is 0 Å². The zero-order chi connectivity index (χ0) is 12.6. The molecule has 0 aromatic rings. The second-order valence-corrected chi connectivity index (χ2v) is 4.61. The zero-order valence-corrected chi connectivity index (χ0v) is 11.3. The lowest BCUT2D eigenvalue weighted by Gasteiger charge is -2.27. The Morgan fingerprint density at radius 1 is 1.31 bits per heavy atom. The van der Waals surface area contributed by atoms with Crippen LogP contribution >= 0.6 is 0 Å².